The Kier molecular flexibility index (Phi) is 2.86. The average molecular weight is 241 g/mol. The van der Waals surface area contributed by atoms with Gasteiger partial charge in [0.2, 0.25) is 5.91 Å². The van der Waals surface area contributed by atoms with Gasteiger partial charge in [-0.2, -0.15) is 0 Å². The lowest BCUT2D eigenvalue weighted by Crippen LogP contribution is -2.46. The van der Waals surface area contributed by atoms with E-state index in [0.717, 1.165) is 5.01 Å². The summed E-state index contributed by atoms with van der Waals surface area (Å²) in [5, 5.41) is 3.56. The molecule has 0 unspecified atom stereocenters. The third kappa shape index (κ3) is 3.47. The highest BCUT2D eigenvalue weighted by Crippen LogP contribution is 2.00. The standard InChI is InChI=1S/C11H18N4O2/c1-14-10(3-2-4-12-14)13-11(16)9-15-5-7-17-8-6-15/h2-4,12H,5-9H2,1H3,(H,13,16)/i1D3. The van der Waals surface area contributed by atoms with E-state index >= 15 is 0 Å². The summed E-state index contributed by atoms with van der Waals surface area (Å²) < 4.78 is 27.4. The first kappa shape index (κ1) is 8.54. The fraction of sp³-hybridized carbons (Fsp3) is 0.545. The van der Waals surface area contributed by atoms with Gasteiger partial charge in [-0.25, -0.2) is 0 Å². The van der Waals surface area contributed by atoms with Gasteiger partial charge in [0, 0.05) is 30.4 Å². The molecular weight excluding hydrogens is 220 g/mol. The zero-order chi connectivity index (χ0) is 14.6. The smallest absolute Gasteiger partial charge is 0.239 e. The molecule has 0 aromatic heterocycles. The molecule has 2 heterocycles. The molecule has 0 atom stereocenters. The Bertz CT molecular complexity index is 416. The van der Waals surface area contributed by atoms with E-state index in [9.17, 15) is 4.79 Å². The van der Waals surface area contributed by atoms with E-state index in [-0.39, 0.29) is 18.3 Å². The first-order chi connectivity index (χ1) is 9.47. The molecule has 1 saturated heterocycles. The van der Waals surface area contributed by atoms with Gasteiger partial charge in [0.15, 0.2) is 0 Å². The first-order valence-corrected chi connectivity index (χ1v) is 5.50. The minimum Gasteiger partial charge on any atom is -0.379 e. The highest BCUT2D eigenvalue weighted by molar-refractivity contribution is 5.79. The summed E-state index contributed by atoms with van der Waals surface area (Å²) in [6, 6.07) is 0. The van der Waals surface area contributed by atoms with Gasteiger partial charge in [0.05, 0.1) is 19.8 Å². The number of carbonyl (C=O) groups is 1. The van der Waals surface area contributed by atoms with E-state index in [2.05, 4.69) is 10.7 Å². The molecule has 2 aliphatic heterocycles. The van der Waals surface area contributed by atoms with Crippen LogP contribution in [0.4, 0.5) is 0 Å². The van der Waals surface area contributed by atoms with Crippen LogP contribution in [0.2, 0.25) is 0 Å². The Balaban J connectivity index is 1.91. The molecule has 1 amide bonds. The molecule has 94 valence electrons. The van der Waals surface area contributed by atoms with Crippen molar-refractivity contribution in [3.8, 4) is 0 Å². The monoisotopic (exact) mass is 241 g/mol. The van der Waals surface area contributed by atoms with Crippen molar-refractivity contribution >= 4 is 5.91 Å². The van der Waals surface area contributed by atoms with Crippen LogP contribution in [-0.2, 0) is 9.53 Å². The quantitative estimate of drug-likeness (QED) is 0.680. The van der Waals surface area contributed by atoms with Crippen molar-refractivity contribution in [1.29, 1.82) is 0 Å². The second-order valence-electron chi connectivity index (χ2n) is 3.81. The summed E-state index contributed by atoms with van der Waals surface area (Å²) in [7, 11) is 0. The highest BCUT2D eigenvalue weighted by Gasteiger charge is 2.16. The van der Waals surface area contributed by atoms with Gasteiger partial charge in [-0.3, -0.25) is 14.7 Å². The van der Waals surface area contributed by atoms with Crippen LogP contribution in [-0.4, -0.2) is 55.6 Å². The van der Waals surface area contributed by atoms with Crippen LogP contribution >= 0.6 is 0 Å². The zero-order valence-electron chi connectivity index (χ0n) is 12.5. The van der Waals surface area contributed by atoms with Crippen molar-refractivity contribution in [3.63, 3.8) is 0 Å². The molecule has 2 rings (SSSR count). The van der Waals surface area contributed by atoms with Crippen molar-refractivity contribution < 1.29 is 13.6 Å². The Hall–Kier alpha value is -1.53. The molecule has 1 fully saturated rings. The lowest BCUT2D eigenvalue weighted by atomic mass is 10.4. The van der Waals surface area contributed by atoms with Crippen LogP contribution in [0, 0.1) is 0 Å². The highest BCUT2D eigenvalue weighted by atomic mass is 16.5. The van der Waals surface area contributed by atoms with Crippen molar-refractivity contribution in [1.82, 2.24) is 20.7 Å². The summed E-state index contributed by atoms with van der Waals surface area (Å²) >= 11 is 0. The summed E-state index contributed by atoms with van der Waals surface area (Å²) in [5.74, 6) is -0.0322. The van der Waals surface area contributed by atoms with Crippen LogP contribution < -0.4 is 10.7 Å². The van der Waals surface area contributed by atoms with Crippen molar-refractivity contribution in [2.45, 2.75) is 0 Å². The fourth-order valence-electron chi connectivity index (χ4n) is 1.64. The van der Waals surface area contributed by atoms with Crippen LogP contribution in [0.3, 0.4) is 0 Å². The minimum absolute atomic E-state index is 0.214. The molecule has 0 bridgehead atoms. The van der Waals surface area contributed by atoms with Crippen molar-refractivity contribution in [3.05, 3.63) is 24.2 Å². The fourth-order valence-corrected chi connectivity index (χ4v) is 1.64. The predicted octanol–water partition coefficient (Wildman–Crippen LogP) is -0.760. The van der Waals surface area contributed by atoms with Gasteiger partial charge >= 0.3 is 0 Å². The number of hydrazine groups is 1. The Labute approximate surface area is 105 Å². The third-order valence-electron chi connectivity index (χ3n) is 2.53. The molecule has 0 spiro atoms. The van der Waals surface area contributed by atoms with Crippen molar-refractivity contribution in [2.75, 3.05) is 39.8 Å². The maximum atomic E-state index is 12.0. The van der Waals surface area contributed by atoms with Gasteiger partial charge in [-0.1, -0.05) is 0 Å². The van der Waals surface area contributed by atoms with Gasteiger partial charge in [-0.05, 0) is 12.2 Å². The van der Waals surface area contributed by atoms with E-state index in [0.29, 0.717) is 26.3 Å². The molecule has 6 nitrogen and oxygen atoms in total. The molecule has 17 heavy (non-hydrogen) atoms. The predicted molar refractivity (Wildman–Crippen MR) is 63.5 cm³/mol. The number of morpholine rings is 1. The lowest BCUT2D eigenvalue weighted by Gasteiger charge is -2.28. The summed E-state index contributed by atoms with van der Waals surface area (Å²) in [5.41, 5.74) is 2.59. The van der Waals surface area contributed by atoms with E-state index in [1.54, 1.807) is 12.2 Å². The zero-order valence-corrected chi connectivity index (χ0v) is 9.48. The number of hydrogen-bond donors (Lipinski definition) is 2. The largest absolute Gasteiger partial charge is 0.379 e. The van der Waals surface area contributed by atoms with E-state index in [4.69, 9.17) is 8.85 Å². The number of allylic oxidation sites excluding steroid dienone is 2. The Morgan fingerprint density at radius 1 is 1.65 bits per heavy atom. The van der Waals surface area contributed by atoms with Crippen LogP contribution in [0.25, 0.3) is 0 Å². The number of amides is 1. The second kappa shape index (κ2) is 5.70. The molecule has 0 aromatic carbocycles. The van der Waals surface area contributed by atoms with Crippen LogP contribution in [0.1, 0.15) is 4.11 Å². The molecule has 2 aliphatic rings. The second-order valence-corrected chi connectivity index (χ2v) is 3.81. The Morgan fingerprint density at radius 2 is 2.47 bits per heavy atom. The first-order valence-electron chi connectivity index (χ1n) is 7.00. The Morgan fingerprint density at radius 3 is 3.24 bits per heavy atom. The molecule has 0 radical (unpaired) electrons. The van der Waals surface area contributed by atoms with Crippen molar-refractivity contribution in [2.24, 2.45) is 0 Å². The molecule has 2 N–H and O–H groups in total. The average Bonchev–Trinajstić information content (AvgIpc) is 2.39. The number of nitrogens with zero attached hydrogens (tertiary/aromatic N) is 2. The molecule has 0 aromatic rings. The normalized spacial score (nSPS) is 24.1. The maximum Gasteiger partial charge on any atom is 0.239 e. The van der Waals surface area contributed by atoms with Gasteiger partial charge in [-0.15, -0.1) is 0 Å². The van der Waals surface area contributed by atoms with E-state index < -0.39 is 6.98 Å². The minimum atomic E-state index is -2.37. The summed E-state index contributed by atoms with van der Waals surface area (Å²) in [4.78, 5) is 13.9. The molecule has 0 saturated carbocycles. The maximum absolute atomic E-state index is 12.0. The number of hydrogen-bond acceptors (Lipinski definition) is 5. The van der Waals surface area contributed by atoms with Crippen LogP contribution in [0.5, 0.6) is 0 Å². The summed E-state index contributed by atoms with van der Waals surface area (Å²) in [6.07, 6.45) is 4.66. The third-order valence-corrected chi connectivity index (χ3v) is 2.53. The lowest BCUT2D eigenvalue weighted by molar-refractivity contribution is -0.123. The van der Waals surface area contributed by atoms with E-state index in [1.165, 1.54) is 6.20 Å². The molecular formula is C11H18N4O2. The summed E-state index contributed by atoms with van der Waals surface area (Å²) in [6.45, 7) is 0.479. The SMILES string of the molecule is [2H]C([2H])([2H])N1NC=CC=C1NC(=O)CN1CCOCC1. The van der Waals surface area contributed by atoms with Gasteiger partial charge in [0.1, 0.15) is 5.82 Å². The van der Waals surface area contributed by atoms with Crippen LogP contribution in [0.15, 0.2) is 24.2 Å². The number of rotatable bonds is 3. The number of nitrogens with one attached hydrogen (secondary N) is 2. The topological polar surface area (TPSA) is 56.8 Å². The molecule has 6 heteroatoms. The van der Waals surface area contributed by atoms with Gasteiger partial charge in [0.25, 0.3) is 0 Å². The number of ether oxygens (including phenoxy) is 1. The van der Waals surface area contributed by atoms with E-state index in [1.807, 2.05) is 4.90 Å². The van der Waals surface area contributed by atoms with Gasteiger partial charge < -0.3 is 15.5 Å². The number of carbonyl (C=O) groups excluding carboxylic acids is 1. The molecule has 0 aliphatic carbocycles.